The molecule has 0 aromatic carbocycles. The Kier molecular flexibility index (Phi) is 4.66. The van der Waals surface area contributed by atoms with Gasteiger partial charge in [0.15, 0.2) is 5.65 Å². The predicted octanol–water partition coefficient (Wildman–Crippen LogP) is 0.813. The Balaban J connectivity index is 1.37. The van der Waals surface area contributed by atoms with E-state index in [1.165, 1.54) is 0 Å². The third-order valence-electron chi connectivity index (χ3n) is 5.07. The quantitative estimate of drug-likeness (QED) is 0.675. The van der Waals surface area contributed by atoms with E-state index in [1.54, 1.807) is 29.3 Å². The molecule has 4 rings (SSSR count). The standard InChI is InChI=1S/C18H22N8O/c1-13-15(14(2)23-26-12-21-22-17(13)26)4-5-16(27)24-8-10-25(11-9-24)18-19-6-3-7-20-18/h3,6-7,12H,4-5,8-11H2,1-2H3. The van der Waals surface area contributed by atoms with Crippen molar-refractivity contribution in [2.24, 2.45) is 0 Å². The molecule has 1 saturated heterocycles. The summed E-state index contributed by atoms with van der Waals surface area (Å²) in [7, 11) is 0. The third kappa shape index (κ3) is 3.44. The number of aryl methyl sites for hydroxylation is 2. The average molecular weight is 366 g/mol. The summed E-state index contributed by atoms with van der Waals surface area (Å²) in [4.78, 5) is 25.3. The number of hydrogen-bond donors (Lipinski definition) is 0. The molecule has 9 heteroatoms. The minimum atomic E-state index is 0.170. The normalized spacial score (nSPS) is 14.7. The van der Waals surface area contributed by atoms with Gasteiger partial charge in [0.25, 0.3) is 0 Å². The first kappa shape index (κ1) is 17.3. The zero-order chi connectivity index (χ0) is 18.8. The molecule has 0 bridgehead atoms. The topological polar surface area (TPSA) is 92.4 Å². The van der Waals surface area contributed by atoms with Gasteiger partial charge in [0.2, 0.25) is 11.9 Å². The maximum Gasteiger partial charge on any atom is 0.225 e. The fourth-order valence-corrected chi connectivity index (χ4v) is 3.55. The summed E-state index contributed by atoms with van der Waals surface area (Å²) in [6.07, 6.45) is 6.21. The molecule has 1 aliphatic heterocycles. The van der Waals surface area contributed by atoms with Crippen molar-refractivity contribution >= 4 is 17.5 Å². The molecule has 1 fully saturated rings. The Morgan fingerprint density at radius 2 is 1.85 bits per heavy atom. The van der Waals surface area contributed by atoms with Gasteiger partial charge in [-0.25, -0.2) is 14.5 Å². The number of anilines is 1. The van der Waals surface area contributed by atoms with E-state index in [0.29, 0.717) is 25.9 Å². The lowest BCUT2D eigenvalue weighted by Crippen LogP contribution is -2.49. The van der Waals surface area contributed by atoms with E-state index < -0.39 is 0 Å². The van der Waals surface area contributed by atoms with Crippen LogP contribution < -0.4 is 4.90 Å². The Morgan fingerprint density at radius 3 is 2.59 bits per heavy atom. The molecule has 0 spiro atoms. The molecule has 27 heavy (non-hydrogen) atoms. The van der Waals surface area contributed by atoms with Crippen LogP contribution in [0.25, 0.3) is 5.65 Å². The van der Waals surface area contributed by atoms with Gasteiger partial charge in [-0.3, -0.25) is 4.79 Å². The number of fused-ring (bicyclic) bond motifs is 1. The van der Waals surface area contributed by atoms with Crippen molar-refractivity contribution < 1.29 is 4.79 Å². The number of carbonyl (C=O) groups is 1. The van der Waals surface area contributed by atoms with Crippen molar-refractivity contribution in [3.63, 3.8) is 0 Å². The smallest absolute Gasteiger partial charge is 0.225 e. The fourth-order valence-electron chi connectivity index (χ4n) is 3.55. The van der Waals surface area contributed by atoms with E-state index in [0.717, 1.165) is 41.5 Å². The highest BCUT2D eigenvalue weighted by Crippen LogP contribution is 2.18. The minimum absolute atomic E-state index is 0.170. The van der Waals surface area contributed by atoms with Crippen molar-refractivity contribution in [1.29, 1.82) is 0 Å². The Hall–Kier alpha value is -3.10. The fraction of sp³-hybridized carbons (Fsp3) is 0.444. The van der Waals surface area contributed by atoms with Gasteiger partial charge in [0.1, 0.15) is 6.33 Å². The van der Waals surface area contributed by atoms with E-state index in [-0.39, 0.29) is 5.91 Å². The summed E-state index contributed by atoms with van der Waals surface area (Å²) in [5, 5.41) is 12.5. The monoisotopic (exact) mass is 366 g/mol. The van der Waals surface area contributed by atoms with Crippen molar-refractivity contribution in [2.75, 3.05) is 31.1 Å². The first-order valence-corrected chi connectivity index (χ1v) is 9.09. The number of aromatic nitrogens is 6. The van der Waals surface area contributed by atoms with Crippen molar-refractivity contribution in [2.45, 2.75) is 26.7 Å². The molecule has 0 saturated carbocycles. The van der Waals surface area contributed by atoms with Crippen LogP contribution in [-0.2, 0) is 11.2 Å². The summed E-state index contributed by atoms with van der Waals surface area (Å²) >= 11 is 0. The SMILES string of the molecule is Cc1nn2cnnc2c(C)c1CCC(=O)N1CCN(c2ncccn2)CC1. The summed E-state index contributed by atoms with van der Waals surface area (Å²) in [6.45, 7) is 6.86. The van der Waals surface area contributed by atoms with Gasteiger partial charge in [-0.2, -0.15) is 5.10 Å². The second-order valence-corrected chi connectivity index (χ2v) is 6.70. The minimum Gasteiger partial charge on any atom is -0.339 e. The largest absolute Gasteiger partial charge is 0.339 e. The van der Waals surface area contributed by atoms with Crippen LogP contribution in [0.2, 0.25) is 0 Å². The lowest BCUT2D eigenvalue weighted by molar-refractivity contribution is -0.131. The van der Waals surface area contributed by atoms with Crippen molar-refractivity contribution in [1.82, 2.24) is 34.7 Å². The number of piperazine rings is 1. The number of rotatable bonds is 4. The van der Waals surface area contributed by atoms with Crippen LogP contribution in [0, 0.1) is 13.8 Å². The van der Waals surface area contributed by atoms with Gasteiger partial charge >= 0.3 is 0 Å². The van der Waals surface area contributed by atoms with Gasteiger partial charge in [0, 0.05) is 50.6 Å². The molecule has 1 aliphatic rings. The van der Waals surface area contributed by atoms with Crippen LogP contribution in [-0.4, -0.2) is 66.8 Å². The zero-order valence-corrected chi connectivity index (χ0v) is 15.5. The van der Waals surface area contributed by atoms with E-state index in [9.17, 15) is 4.79 Å². The van der Waals surface area contributed by atoms with Crippen LogP contribution in [0.5, 0.6) is 0 Å². The summed E-state index contributed by atoms with van der Waals surface area (Å²) in [5.41, 5.74) is 3.79. The van der Waals surface area contributed by atoms with Gasteiger partial charge in [-0.05, 0) is 31.9 Å². The van der Waals surface area contributed by atoms with Crippen LogP contribution in [0.1, 0.15) is 23.2 Å². The number of carbonyl (C=O) groups excluding carboxylic acids is 1. The van der Waals surface area contributed by atoms with Gasteiger partial charge in [-0.1, -0.05) is 0 Å². The Morgan fingerprint density at radius 1 is 1.11 bits per heavy atom. The molecule has 3 aromatic rings. The molecule has 3 aromatic heterocycles. The van der Waals surface area contributed by atoms with Crippen LogP contribution in [0.4, 0.5) is 5.95 Å². The molecule has 9 nitrogen and oxygen atoms in total. The van der Waals surface area contributed by atoms with Crippen LogP contribution in [0.3, 0.4) is 0 Å². The second-order valence-electron chi connectivity index (χ2n) is 6.70. The maximum atomic E-state index is 12.7. The van der Waals surface area contributed by atoms with Crippen LogP contribution >= 0.6 is 0 Å². The molecule has 4 heterocycles. The van der Waals surface area contributed by atoms with E-state index >= 15 is 0 Å². The molecule has 0 unspecified atom stereocenters. The highest BCUT2D eigenvalue weighted by molar-refractivity contribution is 5.77. The number of nitrogens with zero attached hydrogens (tertiary/aromatic N) is 8. The predicted molar refractivity (Wildman–Crippen MR) is 99.4 cm³/mol. The summed E-state index contributed by atoms with van der Waals surface area (Å²) < 4.78 is 1.68. The molecule has 1 amide bonds. The highest BCUT2D eigenvalue weighted by Gasteiger charge is 2.23. The molecule has 0 radical (unpaired) electrons. The number of hydrogen-bond acceptors (Lipinski definition) is 7. The lowest BCUT2D eigenvalue weighted by atomic mass is 10.0. The van der Waals surface area contributed by atoms with Crippen molar-refractivity contribution in [3.8, 4) is 0 Å². The number of amides is 1. The molecule has 0 atom stereocenters. The van der Waals surface area contributed by atoms with Gasteiger partial charge < -0.3 is 9.80 Å². The Bertz CT molecular complexity index is 947. The molecular formula is C18H22N8O. The Labute approximate surface area is 157 Å². The van der Waals surface area contributed by atoms with E-state index in [1.807, 2.05) is 18.7 Å². The molecular weight excluding hydrogens is 344 g/mol. The first-order valence-electron chi connectivity index (χ1n) is 9.09. The third-order valence-corrected chi connectivity index (χ3v) is 5.07. The second kappa shape index (κ2) is 7.26. The van der Waals surface area contributed by atoms with Gasteiger partial charge in [0.05, 0.1) is 5.69 Å². The lowest BCUT2D eigenvalue weighted by Gasteiger charge is -2.34. The van der Waals surface area contributed by atoms with Crippen molar-refractivity contribution in [3.05, 3.63) is 41.6 Å². The maximum absolute atomic E-state index is 12.7. The van der Waals surface area contributed by atoms with E-state index in [4.69, 9.17) is 0 Å². The average Bonchev–Trinajstić information content (AvgIpc) is 3.17. The molecule has 140 valence electrons. The molecule has 0 aliphatic carbocycles. The van der Waals surface area contributed by atoms with Gasteiger partial charge in [-0.15, -0.1) is 10.2 Å². The first-order chi connectivity index (χ1) is 13.1. The summed E-state index contributed by atoms with van der Waals surface area (Å²) in [6, 6.07) is 1.80. The molecule has 0 N–H and O–H groups in total. The van der Waals surface area contributed by atoms with Crippen LogP contribution in [0.15, 0.2) is 24.8 Å². The summed E-state index contributed by atoms with van der Waals surface area (Å²) in [5.74, 6) is 0.896. The zero-order valence-electron chi connectivity index (χ0n) is 15.5. The van der Waals surface area contributed by atoms with E-state index in [2.05, 4.69) is 30.2 Å². The highest BCUT2D eigenvalue weighted by atomic mass is 16.2.